The molecule has 0 aliphatic rings. The van der Waals surface area contributed by atoms with E-state index in [-0.39, 0.29) is 30.7 Å². The molecule has 0 spiro atoms. The average Bonchev–Trinajstić information content (AvgIpc) is 3.25. The van der Waals surface area contributed by atoms with Crippen molar-refractivity contribution in [1.29, 1.82) is 0 Å². The van der Waals surface area contributed by atoms with Crippen molar-refractivity contribution < 1.29 is 19.0 Å². The minimum absolute atomic E-state index is 0.0511. The number of hydrogen-bond donors (Lipinski definition) is 0. The summed E-state index contributed by atoms with van der Waals surface area (Å²) in [7, 11) is 2.99. The summed E-state index contributed by atoms with van der Waals surface area (Å²) in [5, 5.41) is 0.347. The Morgan fingerprint density at radius 2 is 1.83 bits per heavy atom. The summed E-state index contributed by atoms with van der Waals surface area (Å²) in [5.74, 6) is 0.355. The van der Waals surface area contributed by atoms with Gasteiger partial charge in [-0.05, 0) is 18.2 Å². The van der Waals surface area contributed by atoms with Gasteiger partial charge in [-0.3, -0.25) is 23.4 Å². The number of esters is 1. The van der Waals surface area contributed by atoms with Crippen LogP contribution in [-0.4, -0.2) is 39.1 Å². The summed E-state index contributed by atoms with van der Waals surface area (Å²) in [6.45, 7) is -0.0545. The smallest absolute Gasteiger partial charge is 0.307 e. The number of hydrogen-bond acceptors (Lipinski definition) is 9. The fourth-order valence-corrected chi connectivity index (χ4v) is 4.83. The third kappa shape index (κ3) is 4.21. The van der Waals surface area contributed by atoms with Crippen molar-refractivity contribution >= 4 is 43.4 Å². The van der Waals surface area contributed by atoms with Crippen LogP contribution in [0.4, 0.5) is 0 Å². The van der Waals surface area contributed by atoms with Gasteiger partial charge >= 0.3 is 5.97 Å². The lowest BCUT2D eigenvalue weighted by Gasteiger charge is -2.10. The van der Waals surface area contributed by atoms with Crippen LogP contribution in [-0.2, 0) is 22.7 Å². The number of carbonyl (C=O) groups excluding carboxylic acids is 1. The molecule has 5 rings (SSSR count). The molecule has 0 unspecified atom stereocenters. The highest BCUT2D eigenvalue weighted by molar-refractivity contribution is 7.23. The third-order valence-corrected chi connectivity index (χ3v) is 6.54. The van der Waals surface area contributed by atoms with Gasteiger partial charge in [0.25, 0.3) is 11.1 Å². The minimum atomic E-state index is -0.525. The fraction of sp³-hybridized carbons (Fsp3) is 0.208. The lowest BCUT2D eigenvalue weighted by molar-refractivity contribution is -0.145. The second-order valence-corrected chi connectivity index (χ2v) is 8.66. The molecule has 0 fully saturated rings. The van der Waals surface area contributed by atoms with E-state index >= 15 is 0 Å². The Hall–Kier alpha value is -4.25. The van der Waals surface area contributed by atoms with E-state index in [1.54, 1.807) is 12.1 Å². The molecule has 5 aromatic rings. The second-order valence-electron chi connectivity index (χ2n) is 7.65. The number of methoxy groups -OCH3 is 2. The van der Waals surface area contributed by atoms with Crippen LogP contribution in [0.2, 0.25) is 0 Å². The Morgan fingerprint density at radius 3 is 2.63 bits per heavy atom. The number of aryl methyl sites for hydroxylation is 1. The predicted octanol–water partition coefficient (Wildman–Crippen LogP) is 2.77. The van der Waals surface area contributed by atoms with Crippen LogP contribution >= 0.6 is 11.3 Å². The summed E-state index contributed by atoms with van der Waals surface area (Å²) in [6, 6.07) is 12.1. The number of nitrogens with zero attached hydrogens (tertiary/aromatic N) is 4. The minimum Gasteiger partial charge on any atom is -0.493 e. The molecule has 0 aliphatic heterocycles. The molecule has 0 bridgehead atoms. The first kappa shape index (κ1) is 22.5. The first-order valence-corrected chi connectivity index (χ1v) is 11.5. The molecule has 3 aromatic heterocycles. The summed E-state index contributed by atoms with van der Waals surface area (Å²) in [4.78, 5) is 47.1. The number of aromatic nitrogens is 4. The van der Waals surface area contributed by atoms with Gasteiger partial charge in [0.15, 0.2) is 16.5 Å². The Labute approximate surface area is 202 Å². The normalized spacial score (nSPS) is 11.3. The van der Waals surface area contributed by atoms with Crippen molar-refractivity contribution in [1.82, 2.24) is 18.9 Å². The topological polar surface area (TPSA) is 114 Å². The number of rotatable bonds is 7. The number of ether oxygens (including phenoxy) is 3. The van der Waals surface area contributed by atoms with E-state index in [1.807, 2.05) is 24.3 Å². The van der Waals surface area contributed by atoms with Crippen LogP contribution in [0.3, 0.4) is 0 Å². The standard InChI is InChI=1S/C24H20N4O6S/c1-32-18-10-15-16(11-19(18)33-2)25-13-27(23(15)31)8-7-22(30)34-12-14-9-21(29)28-17-5-3-4-6-20(17)35-24(28)26-14/h3-6,9-11,13H,7-8,12H2,1-2H3. The number of para-hydroxylation sites is 1. The molecule has 2 aromatic carbocycles. The van der Waals surface area contributed by atoms with Crippen LogP contribution in [0, 0.1) is 0 Å². The zero-order valence-electron chi connectivity index (χ0n) is 18.9. The van der Waals surface area contributed by atoms with Gasteiger partial charge in [0, 0.05) is 18.7 Å². The fourth-order valence-electron chi connectivity index (χ4n) is 3.78. The molecule has 178 valence electrons. The van der Waals surface area contributed by atoms with Crippen molar-refractivity contribution in [2.24, 2.45) is 0 Å². The van der Waals surface area contributed by atoms with E-state index in [4.69, 9.17) is 14.2 Å². The van der Waals surface area contributed by atoms with Gasteiger partial charge in [-0.1, -0.05) is 23.5 Å². The summed E-state index contributed by atoms with van der Waals surface area (Å²) < 4.78 is 19.6. The summed E-state index contributed by atoms with van der Waals surface area (Å²) in [5.41, 5.74) is 1.06. The molecule has 0 radical (unpaired) electrons. The molecule has 0 saturated carbocycles. The second kappa shape index (κ2) is 9.18. The van der Waals surface area contributed by atoms with Gasteiger partial charge in [-0.25, -0.2) is 9.97 Å². The van der Waals surface area contributed by atoms with Crippen molar-refractivity contribution in [2.75, 3.05) is 14.2 Å². The zero-order valence-corrected chi connectivity index (χ0v) is 19.7. The van der Waals surface area contributed by atoms with E-state index in [2.05, 4.69) is 9.97 Å². The molecular formula is C24H20N4O6S. The highest BCUT2D eigenvalue weighted by Gasteiger charge is 2.14. The summed E-state index contributed by atoms with van der Waals surface area (Å²) >= 11 is 1.39. The van der Waals surface area contributed by atoms with Gasteiger partial charge in [-0.2, -0.15) is 0 Å². The Kier molecular flexibility index (Phi) is 5.91. The number of carbonyl (C=O) groups is 1. The van der Waals surface area contributed by atoms with Gasteiger partial charge in [0.1, 0.15) is 6.61 Å². The quantitative estimate of drug-likeness (QED) is 0.319. The maximum absolute atomic E-state index is 12.9. The molecule has 11 heteroatoms. The van der Waals surface area contributed by atoms with Crippen molar-refractivity contribution in [3.63, 3.8) is 0 Å². The molecule has 0 amide bonds. The van der Waals surface area contributed by atoms with Crippen LogP contribution in [0.1, 0.15) is 12.1 Å². The highest BCUT2D eigenvalue weighted by atomic mass is 32.1. The molecule has 0 aliphatic carbocycles. The molecule has 35 heavy (non-hydrogen) atoms. The van der Waals surface area contributed by atoms with Gasteiger partial charge in [-0.15, -0.1) is 0 Å². The summed E-state index contributed by atoms with van der Waals surface area (Å²) in [6.07, 6.45) is 1.33. The highest BCUT2D eigenvalue weighted by Crippen LogP contribution is 2.29. The maximum Gasteiger partial charge on any atom is 0.307 e. The van der Waals surface area contributed by atoms with E-state index < -0.39 is 5.97 Å². The van der Waals surface area contributed by atoms with Crippen LogP contribution < -0.4 is 20.6 Å². The van der Waals surface area contributed by atoms with Crippen molar-refractivity contribution in [3.05, 3.63) is 75.2 Å². The molecule has 3 heterocycles. The Bertz CT molecular complexity index is 1700. The van der Waals surface area contributed by atoms with E-state index in [9.17, 15) is 14.4 Å². The van der Waals surface area contributed by atoms with Gasteiger partial charge < -0.3 is 14.2 Å². The SMILES string of the molecule is COc1cc2ncn(CCC(=O)OCc3cc(=O)n4c(n3)sc3ccccc34)c(=O)c2cc1OC. The average molecular weight is 493 g/mol. The third-order valence-electron chi connectivity index (χ3n) is 5.52. The molecule has 10 nitrogen and oxygen atoms in total. The van der Waals surface area contributed by atoms with Crippen LogP contribution in [0.5, 0.6) is 11.5 Å². The van der Waals surface area contributed by atoms with Crippen molar-refractivity contribution in [3.8, 4) is 11.5 Å². The zero-order chi connectivity index (χ0) is 24.5. The largest absolute Gasteiger partial charge is 0.493 e. The molecular weight excluding hydrogens is 472 g/mol. The maximum atomic E-state index is 12.9. The Morgan fingerprint density at radius 1 is 1.06 bits per heavy atom. The molecule has 0 atom stereocenters. The monoisotopic (exact) mass is 492 g/mol. The van der Waals surface area contributed by atoms with Crippen molar-refractivity contribution in [2.45, 2.75) is 19.6 Å². The number of fused-ring (bicyclic) bond motifs is 4. The predicted molar refractivity (Wildman–Crippen MR) is 130 cm³/mol. The number of benzene rings is 2. The first-order valence-electron chi connectivity index (χ1n) is 10.7. The van der Waals surface area contributed by atoms with E-state index in [1.165, 1.54) is 46.9 Å². The first-order chi connectivity index (χ1) is 17.0. The van der Waals surface area contributed by atoms with Gasteiger partial charge in [0.2, 0.25) is 0 Å². The lowest BCUT2D eigenvalue weighted by atomic mass is 10.2. The van der Waals surface area contributed by atoms with Gasteiger partial charge in [0.05, 0.1) is 53.8 Å². The molecule has 0 saturated heterocycles. The number of thiazole rings is 1. The van der Waals surface area contributed by atoms with Crippen LogP contribution in [0.15, 0.2) is 58.4 Å². The van der Waals surface area contributed by atoms with E-state index in [0.29, 0.717) is 33.1 Å². The Balaban J connectivity index is 1.28. The molecule has 0 N–H and O–H groups in total. The lowest BCUT2D eigenvalue weighted by Crippen LogP contribution is -2.22. The van der Waals surface area contributed by atoms with Crippen LogP contribution in [0.25, 0.3) is 26.1 Å². The van der Waals surface area contributed by atoms with E-state index in [0.717, 1.165) is 10.2 Å².